The van der Waals surface area contributed by atoms with Crippen molar-refractivity contribution >= 4 is 29.4 Å². The Kier molecular flexibility index (Phi) is 5.14. The van der Waals surface area contributed by atoms with Crippen molar-refractivity contribution in [3.05, 3.63) is 94.5 Å². The number of aryl methyl sites for hydroxylation is 1. The molecule has 0 aliphatic carbocycles. The maximum atomic E-state index is 14.0. The Balaban J connectivity index is 1.63. The van der Waals surface area contributed by atoms with Crippen LogP contribution in [0.5, 0.6) is 0 Å². The van der Waals surface area contributed by atoms with Crippen LogP contribution >= 0.6 is 0 Å². The second-order valence-electron chi connectivity index (χ2n) is 10.4. The number of aliphatic hydroxyl groups excluding tert-OH is 1. The van der Waals surface area contributed by atoms with Gasteiger partial charge in [-0.25, -0.2) is 15.0 Å². The third kappa shape index (κ3) is 3.84. The molecule has 2 unspecified atom stereocenters. The number of carbonyl (C=O) groups is 1. The molecule has 4 aliphatic heterocycles. The number of Topliss-reactive ketones (excluding diaryl/α,β-unsaturated/α-hetero) is 1. The van der Waals surface area contributed by atoms with Crippen molar-refractivity contribution in [2.75, 3.05) is 6.61 Å². The second kappa shape index (κ2) is 8.18. The topological polar surface area (TPSA) is 116 Å². The summed E-state index contributed by atoms with van der Waals surface area (Å²) >= 11 is 0. The van der Waals surface area contributed by atoms with Crippen LogP contribution in [-0.4, -0.2) is 49.4 Å². The summed E-state index contributed by atoms with van der Waals surface area (Å²) < 4.78 is 0. The lowest BCUT2D eigenvalue weighted by molar-refractivity contribution is -0.127. The fourth-order valence-corrected chi connectivity index (χ4v) is 5.33. The quantitative estimate of drug-likeness (QED) is 0.603. The van der Waals surface area contributed by atoms with Gasteiger partial charge in [0.2, 0.25) is 0 Å². The molecule has 0 aromatic carbocycles. The number of aliphatic imine (C=N–C) groups is 2. The molecule has 2 aromatic heterocycles. The van der Waals surface area contributed by atoms with Crippen LogP contribution in [0.2, 0.25) is 0 Å². The molecular formula is C29H28N6O2. The van der Waals surface area contributed by atoms with E-state index in [2.05, 4.69) is 20.3 Å². The van der Waals surface area contributed by atoms with Gasteiger partial charge in [0.05, 0.1) is 22.5 Å². The van der Waals surface area contributed by atoms with Crippen molar-refractivity contribution in [3.63, 3.8) is 0 Å². The number of ketones is 1. The zero-order valence-corrected chi connectivity index (χ0v) is 21.0. The summed E-state index contributed by atoms with van der Waals surface area (Å²) in [5, 5.41) is 15.3. The zero-order valence-electron chi connectivity index (χ0n) is 21.0. The maximum absolute atomic E-state index is 14.0. The van der Waals surface area contributed by atoms with Gasteiger partial charge >= 0.3 is 0 Å². The van der Waals surface area contributed by atoms with Gasteiger partial charge in [0.15, 0.2) is 5.78 Å². The van der Waals surface area contributed by atoms with E-state index in [-0.39, 0.29) is 18.8 Å². The van der Waals surface area contributed by atoms with Gasteiger partial charge in [0.25, 0.3) is 0 Å². The molecule has 8 nitrogen and oxygen atoms in total. The number of H-pyrrole nitrogens is 1. The van der Waals surface area contributed by atoms with Gasteiger partial charge in [0, 0.05) is 47.4 Å². The predicted octanol–water partition coefficient (Wildman–Crippen LogP) is 1.69. The molecular weight excluding hydrogens is 464 g/mol. The molecule has 186 valence electrons. The molecule has 8 heteroatoms. The number of nitrogens with one attached hydrogen (secondary N) is 2. The molecule has 0 spiro atoms. The van der Waals surface area contributed by atoms with E-state index in [9.17, 15) is 9.90 Å². The van der Waals surface area contributed by atoms with Gasteiger partial charge in [-0.2, -0.15) is 0 Å². The zero-order chi connectivity index (χ0) is 25.8. The van der Waals surface area contributed by atoms with Crippen molar-refractivity contribution in [2.45, 2.75) is 38.3 Å². The highest BCUT2D eigenvalue weighted by atomic mass is 16.3. The van der Waals surface area contributed by atoms with Crippen molar-refractivity contribution in [1.29, 1.82) is 0 Å². The molecule has 4 aliphatic rings. The van der Waals surface area contributed by atoms with Crippen LogP contribution in [0, 0.1) is 12.3 Å². The minimum absolute atomic E-state index is 0.0280. The van der Waals surface area contributed by atoms with Crippen molar-refractivity contribution in [1.82, 2.24) is 20.3 Å². The summed E-state index contributed by atoms with van der Waals surface area (Å²) in [5.41, 5.74) is 0.886. The first kappa shape index (κ1) is 23.2. The lowest BCUT2D eigenvalue weighted by Crippen LogP contribution is -2.45. The first-order valence-corrected chi connectivity index (χ1v) is 12.4. The van der Waals surface area contributed by atoms with Crippen LogP contribution in [0.1, 0.15) is 31.7 Å². The molecule has 0 radical (unpaired) electrons. The van der Waals surface area contributed by atoms with Crippen molar-refractivity contribution in [2.24, 2.45) is 15.4 Å². The van der Waals surface area contributed by atoms with Crippen LogP contribution < -0.4 is 16.0 Å². The molecule has 8 bridgehead atoms. The summed E-state index contributed by atoms with van der Waals surface area (Å²) in [6, 6.07) is 4.00. The van der Waals surface area contributed by atoms with Crippen LogP contribution in [-0.2, 0) is 10.3 Å². The number of hydrogen-bond donors (Lipinski definition) is 3. The van der Waals surface area contributed by atoms with Crippen LogP contribution in [0.4, 0.5) is 0 Å². The summed E-state index contributed by atoms with van der Waals surface area (Å²) in [4.78, 5) is 36.1. The highest BCUT2D eigenvalue weighted by Gasteiger charge is 2.54. The Morgan fingerprint density at radius 1 is 0.973 bits per heavy atom. The monoisotopic (exact) mass is 492 g/mol. The van der Waals surface area contributed by atoms with E-state index in [4.69, 9.17) is 9.98 Å². The van der Waals surface area contributed by atoms with E-state index in [1.165, 1.54) is 0 Å². The van der Waals surface area contributed by atoms with Gasteiger partial charge in [-0.15, -0.1) is 0 Å². The SMILES string of the molecule is Cc1ncc(C23C=CC(=N2)C=c2ccc([nH]2)=CC2=NC(=CC4(CCO)NC(=C3)C(C)(C)C4=O)C=C2)cn1. The minimum Gasteiger partial charge on any atom is -0.396 e. The molecule has 37 heavy (non-hydrogen) atoms. The number of fused-ring (bicyclic) bond motifs is 6. The number of aliphatic hydroxyl groups is 1. The minimum atomic E-state index is -1.11. The summed E-state index contributed by atoms with van der Waals surface area (Å²) in [7, 11) is 0. The van der Waals surface area contributed by atoms with Crippen LogP contribution in [0.15, 0.2) is 82.4 Å². The van der Waals surface area contributed by atoms with Gasteiger partial charge in [-0.05, 0) is 81.5 Å². The van der Waals surface area contributed by atoms with E-state index >= 15 is 0 Å². The van der Waals surface area contributed by atoms with Crippen LogP contribution in [0.25, 0.3) is 12.2 Å². The predicted molar refractivity (Wildman–Crippen MR) is 143 cm³/mol. The molecule has 0 amide bonds. The Morgan fingerprint density at radius 2 is 1.70 bits per heavy atom. The number of nitrogens with zero attached hydrogens (tertiary/aromatic N) is 4. The number of aromatic nitrogens is 3. The highest BCUT2D eigenvalue weighted by Crippen LogP contribution is 2.45. The first-order chi connectivity index (χ1) is 17.7. The second-order valence-corrected chi connectivity index (χ2v) is 10.4. The Morgan fingerprint density at radius 3 is 2.43 bits per heavy atom. The fraction of sp³-hybridized carbons (Fsp3) is 0.276. The third-order valence-corrected chi connectivity index (χ3v) is 7.36. The third-order valence-electron chi connectivity index (χ3n) is 7.36. The molecule has 1 fully saturated rings. The molecule has 2 aromatic rings. The number of carbonyl (C=O) groups excluding carboxylic acids is 1. The summed E-state index contributed by atoms with van der Waals surface area (Å²) in [6.07, 6.45) is 19.4. The van der Waals surface area contributed by atoms with Gasteiger partial charge in [-0.3, -0.25) is 9.79 Å². The first-order valence-electron chi connectivity index (χ1n) is 12.4. The summed E-state index contributed by atoms with van der Waals surface area (Å²) in [5.74, 6) is 0.640. The van der Waals surface area contributed by atoms with Gasteiger partial charge in [-0.1, -0.05) is 0 Å². The lowest BCUT2D eigenvalue weighted by atomic mass is 9.77. The molecule has 0 saturated carbocycles. The molecule has 6 heterocycles. The number of hydrogen-bond acceptors (Lipinski definition) is 7. The summed E-state index contributed by atoms with van der Waals surface area (Å²) in [6.45, 7) is 5.50. The standard InChI is InChI=1S/C29H28N6O2/c1-18-30-16-19(17-31-18)28-9-8-23(34-28)13-22-5-4-20(32-22)12-21-6-7-24(33-21)14-29(10-11-36)26(37)27(2,3)25(15-28)35-29/h4-9,12-17,32,35-36H,10-11H2,1-3H3. The lowest BCUT2D eigenvalue weighted by Gasteiger charge is -2.26. The average molecular weight is 493 g/mol. The average Bonchev–Trinajstić information content (AvgIpc) is 3.62. The Bertz CT molecular complexity index is 1620. The van der Waals surface area contributed by atoms with Crippen LogP contribution in [0.3, 0.4) is 0 Å². The van der Waals surface area contributed by atoms with E-state index in [0.717, 1.165) is 33.4 Å². The number of rotatable bonds is 3. The van der Waals surface area contributed by atoms with Crippen molar-refractivity contribution in [3.8, 4) is 0 Å². The Hall–Kier alpha value is -4.17. The van der Waals surface area contributed by atoms with E-state index in [1.807, 2.05) is 81.5 Å². The largest absolute Gasteiger partial charge is 0.396 e. The number of aromatic amines is 1. The smallest absolute Gasteiger partial charge is 0.173 e. The highest BCUT2D eigenvalue weighted by molar-refractivity contribution is 6.20. The normalized spacial score (nSPS) is 27.1. The van der Waals surface area contributed by atoms with E-state index < -0.39 is 16.5 Å². The van der Waals surface area contributed by atoms with E-state index in [0.29, 0.717) is 11.5 Å². The Labute approximate surface area is 214 Å². The maximum Gasteiger partial charge on any atom is 0.173 e. The van der Waals surface area contributed by atoms with E-state index in [1.54, 1.807) is 12.4 Å². The van der Waals surface area contributed by atoms with Gasteiger partial charge < -0.3 is 15.4 Å². The van der Waals surface area contributed by atoms with Crippen molar-refractivity contribution < 1.29 is 9.90 Å². The molecule has 3 N–H and O–H groups in total. The fourth-order valence-electron chi connectivity index (χ4n) is 5.33. The number of allylic oxidation sites excluding steroid dienone is 4. The molecule has 6 rings (SSSR count). The van der Waals surface area contributed by atoms with Gasteiger partial charge in [0.1, 0.15) is 16.9 Å². The molecule has 2 atom stereocenters. The molecule has 1 saturated heterocycles.